The number of ether oxygens (including phenoxy) is 1. The average molecular weight is 277 g/mol. The highest BCUT2D eigenvalue weighted by Gasteiger charge is 2.27. The van der Waals surface area contributed by atoms with Crippen molar-refractivity contribution >= 4 is 17.6 Å². The fraction of sp³-hybridized carbons (Fsp3) is 0.467. The molecule has 108 valence electrons. The number of carboxylic acid groups (broad SMARTS) is 1. The fourth-order valence-electron chi connectivity index (χ4n) is 2.04. The number of likely N-dealkylation sites (N-methyl/N-ethyl adjacent to an activating group) is 1. The Balaban J connectivity index is 2.15. The summed E-state index contributed by atoms with van der Waals surface area (Å²) in [5, 5.41) is 9.12. The number of benzene rings is 1. The summed E-state index contributed by atoms with van der Waals surface area (Å²) in [6.07, 6.45) is 1.19. The van der Waals surface area contributed by atoms with Crippen LogP contribution in [0.4, 0.5) is 5.69 Å². The molecule has 0 atom stereocenters. The molecule has 0 saturated carbocycles. The minimum atomic E-state index is -0.800. The molecule has 0 aromatic heterocycles. The molecule has 1 heterocycles. The quantitative estimate of drug-likeness (QED) is 0.915. The van der Waals surface area contributed by atoms with Gasteiger partial charge in [-0.05, 0) is 44.4 Å². The van der Waals surface area contributed by atoms with Crippen LogP contribution in [-0.2, 0) is 16.0 Å². The van der Waals surface area contributed by atoms with E-state index in [1.54, 1.807) is 25.8 Å². The van der Waals surface area contributed by atoms with Crippen LogP contribution in [-0.4, -0.2) is 30.6 Å². The second kappa shape index (κ2) is 5.15. The van der Waals surface area contributed by atoms with E-state index in [0.717, 1.165) is 11.3 Å². The van der Waals surface area contributed by atoms with Crippen molar-refractivity contribution in [3.63, 3.8) is 0 Å². The van der Waals surface area contributed by atoms with E-state index in [0.29, 0.717) is 18.6 Å². The number of aryl methyl sites for hydroxylation is 1. The third kappa shape index (κ3) is 2.76. The van der Waals surface area contributed by atoms with Crippen molar-refractivity contribution in [3.05, 3.63) is 23.8 Å². The highest BCUT2D eigenvalue weighted by Crippen LogP contribution is 2.33. The molecule has 0 unspecified atom stereocenters. The summed E-state index contributed by atoms with van der Waals surface area (Å²) in [7, 11) is 1.72. The Morgan fingerprint density at radius 2 is 2.15 bits per heavy atom. The second-order valence-electron chi connectivity index (χ2n) is 5.73. The standard InChI is InChI=1S/C15H19NO4/c1-15(2,14(18)19)7-6-10-4-5-12-11(8-10)16(3)13(17)9-20-12/h4-5,8H,6-7,9H2,1-3H3,(H,18,19). The lowest BCUT2D eigenvalue weighted by molar-refractivity contribution is -0.147. The molecule has 20 heavy (non-hydrogen) atoms. The Morgan fingerprint density at radius 1 is 1.45 bits per heavy atom. The van der Waals surface area contributed by atoms with Crippen molar-refractivity contribution in [2.45, 2.75) is 26.7 Å². The largest absolute Gasteiger partial charge is 0.482 e. The van der Waals surface area contributed by atoms with E-state index in [-0.39, 0.29) is 12.5 Å². The first-order chi connectivity index (χ1) is 9.31. The van der Waals surface area contributed by atoms with Gasteiger partial charge in [-0.3, -0.25) is 9.59 Å². The Hall–Kier alpha value is -2.04. The zero-order chi connectivity index (χ0) is 14.9. The number of hydrogen-bond donors (Lipinski definition) is 1. The highest BCUT2D eigenvalue weighted by molar-refractivity contribution is 5.97. The molecular formula is C15H19NO4. The summed E-state index contributed by atoms with van der Waals surface area (Å²) in [5.74, 6) is -0.194. The number of amides is 1. The third-order valence-corrected chi connectivity index (χ3v) is 3.73. The summed E-state index contributed by atoms with van der Waals surface area (Å²) in [6, 6.07) is 5.64. The van der Waals surface area contributed by atoms with Crippen molar-refractivity contribution in [3.8, 4) is 5.75 Å². The first-order valence-corrected chi connectivity index (χ1v) is 6.57. The molecule has 0 bridgehead atoms. The van der Waals surface area contributed by atoms with E-state index in [1.807, 2.05) is 18.2 Å². The first-order valence-electron chi connectivity index (χ1n) is 6.57. The Kier molecular flexibility index (Phi) is 3.70. The molecule has 1 aliphatic heterocycles. The maximum absolute atomic E-state index is 11.6. The molecule has 0 aliphatic carbocycles. The molecule has 5 heteroatoms. The number of hydrogen-bond acceptors (Lipinski definition) is 3. The van der Waals surface area contributed by atoms with Crippen molar-refractivity contribution in [2.75, 3.05) is 18.6 Å². The number of carbonyl (C=O) groups is 2. The lowest BCUT2D eigenvalue weighted by Gasteiger charge is -2.26. The van der Waals surface area contributed by atoms with Gasteiger partial charge in [-0.25, -0.2) is 0 Å². The zero-order valence-electron chi connectivity index (χ0n) is 12.0. The maximum atomic E-state index is 11.6. The normalized spacial score (nSPS) is 14.8. The second-order valence-corrected chi connectivity index (χ2v) is 5.73. The van der Waals surface area contributed by atoms with Crippen LogP contribution in [0.2, 0.25) is 0 Å². The summed E-state index contributed by atoms with van der Waals surface area (Å²) in [5.41, 5.74) is 0.990. The van der Waals surface area contributed by atoms with Gasteiger partial charge in [0.05, 0.1) is 11.1 Å². The summed E-state index contributed by atoms with van der Waals surface area (Å²) in [6.45, 7) is 3.49. The first kappa shape index (κ1) is 14.4. The van der Waals surface area contributed by atoms with E-state index < -0.39 is 11.4 Å². The molecule has 0 spiro atoms. The number of carbonyl (C=O) groups excluding carboxylic acids is 1. The number of anilines is 1. The summed E-state index contributed by atoms with van der Waals surface area (Å²) >= 11 is 0. The predicted octanol–water partition coefficient (Wildman–Crippen LogP) is 2.09. The lowest BCUT2D eigenvalue weighted by Crippen LogP contribution is -2.35. The fourth-order valence-corrected chi connectivity index (χ4v) is 2.04. The Morgan fingerprint density at radius 3 is 2.80 bits per heavy atom. The molecule has 1 aromatic rings. The molecule has 1 aliphatic rings. The van der Waals surface area contributed by atoms with Gasteiger partial charge in [0.15, 0.2) is 6.61 Å². The van der Waals surface area contributed by atoms with Gasteiger partial charge in [-0.15, -0.1) is 0 Å². The number of fused-ring (bicyclic) bond motifs is 1. The molecule has 0 saturated heterocycles. The molecule has 0 radical (unpaired) electrons. The topological polar surface area (TPSA) is 66.8 Å². The number of rotatable bonds is 4. The van der Waals surface area contributed by atoms with Gasteiger partial charge in [0.2, 0.25) is 0 Å². The van der Waals surface area contributed by atoms with Crippen LogP contribution < -0.4 is 9.64 Å². The number of nitrogens with zero attached hydrogens (tertiary/aromatic N) is 1. The minimum Gasteiger partial charge on any atom is -0.482 e. The number of aliphatic carboxylic acids is 1. The van der Waals surface area contributed by atoms with Gasteiger partial charge >= 0.3 is 5.97 Å². The maximum Gasteiger partial charge on any atom is 0.309 e. The lowest BCUT2D eigenvalue weighted by atomic mass is 9.86. The molecule has 5 nitrogen and oxygen atoms in total. The summed E-state index contributed by atoms with van der Waals surface area (Å²) in [4.78, 5) is 24.3. The van der Waals surface area contributed by atoms with Crippen molar-refractivity contribution in [2.24, 2.45) is 5.41 Å². The monoisotopic (exact) mass is 277 g/mol. The van der Waals surface area contributed by atoms with Gasteiger partial charge < -0.3 is 14.7 Å². The molecule has 1 amide bonds. The van der Waals surface area contributed by atoms with Gasteiger partial charge in [0.1, 0.15) is 5.75 Å². The average Bonchev–Trinajstić information content (AvgIpc) is 2.41. The van der Waals surface area contributed by atoms with Crippen LogP contribution in [0, 0.1) is 5.41 Å². The van der Waals surface area contributed by atoms with Gasteiger partial charge in [-0.2, -0.15) is 0 Å². The van der Waals surface area contributed by atoms with E-state index in [1.165, 1.54) is 0 Å². The predicted molar refractivity (Wildman–Crippen MR) is 75.1 cm³/mol. The smallest absolute Gasteiger partial charge is 0.309 e. The zero-order valence-corrected chi connectivity index (χ0v) is 12.0. The van der Waals surface area contributed by atoms with Crippen LogP contribution in [0.1, 0.15) is 25.8 Å². The van der Waals surface area contributed by atoms with Crippen LogP contribution in [0.15, 0.2) is 18.2 Å². The van der Waals surface area contributed by atoms with Crippen molar-refractivity contribution in [1.29, 1.82) is 0 Å². The minimum absolute atomic E-state index is 0.0644. The third-order valence-electron chi connectivity index (χ3n) is 3.73. The van der Waals surface area contributed by atoms with Crippen LogP contribution in [0.3, 0.4) is 0 Å². The highest BCUT2D eigenvalue weighted by atomic mass is 16.5. The van der Waals surface area contributed by atoms with E-state index in [4.69, 9.17) is 9.84 Å². The molecule has 0 fully saturated rings. The number of carboxylic acids is 1. The van der Waals surface area contributed by atoms with Crippen molar-refractivity contribution in [1.82, 2.24) is 0 Å². The molecule has 2 rings (SSSR count). The molecule has 1 N–H and O–H groups in total. The van der Waals surface area contributed by atoms with Crippen LogP contribution >= 0.6 is 0 Å². The van der Waals surface area contributed by atoms with E-state index in [9.17, 15) is 9.59 Å². The van der Waals surface area contributed by atoms with Crippen LogP contribution in [0.25, 0.3) is 0 Å². The summed E-state index contributed by atoms with van der Waals surface area (Å²) < 4.78 is 5.36. The molecular weight excluding hydrogens is 258 g/mol. The van der Waals surface area contributed by atoms with Gasteiger partial charge in [0, 0.05) is 7.05 Å². The Labute approximate surface area is 118 Å². The van der Waals surface area contributed by atoms with Gasteiger partial charge in [-0.1, -0.05) is 6.07 Å². The molecule has 1 aromatic carbocycles. The van der Waals surface area contributed by atoms with E-state index in [2.05, 4.69) is 0 Å². The van der Waals surface area contributed by atoms with E-state index >= 15 is 0 Å². The Bertz CT molecular complexity index is 551. The SMILES string of the molecule is CN1C(=O)COc2ccc(CCC(C)(C)C(=O)O)cc21. The van der Waals surface area contributed by atoms with Crippen molar-refractivity contribution < 1.29 is 19.4 Å². The van der Waals surface area contributed by atoms with Crippen LogP contribution in [0.5, 0.6) is 5.75 Å². The van der Waals surface area contributed by atoms with Gasteiger partial charge in [0.25, 0.3) is 5.91 Å².